The van der Waals surface area contributed by atoms with Gasteiger partial charge in [-0.15, -0.1) is 0 Å². The molecule has 1 atom stereocenters. The largest absolute Gasteiger partial charge is 0.507 e. The number of aromatic nitrogens is 1. The van der Waals surface area contributed by atoms with E-state index in [1.54, 1.807) is 36.7 Å². The zero-order chi connectivity index (χ0) is 24.4. The van der Waals surface area contributed by atoms with Gasteiger partial charge in [0.1, 0.15) is 11.5 Å². The molecule has 0 saturated carbocycles. The number of aliphatic hydroxyl groups excluding tert-OH is 1. The number of aryl methyl sites for hydroxylation is 1. The van der Waals surface area contributed by atoms with Gasteiger partial charge in [-0.05, 0) is 73.9 Å². The van der Waals surface area contributed by atoms with Crippen LogP contribution in [0.15, 0.2) is 77.0 Å². The lowest BCUT2D eigenvalue weighted by Crippen LogP contribution is -2.29. The standard InChI is InChI=1S/C27H25BrN2O4/c1-16(2)34-22-11-8-20(13-17(22)3)25(31)23-24(19-6-9-21(28)10-7-19)30(27(33)26(23)32)15-18-5-4-12-29-14-18/h4-14,16,24,31H,15H2,1-3H3/b25-23-. The molecule has 34 heavy (non-hydrogen) atoms. The van der Waals surface area contributed by atoms with E-state index in [0.29, 0.717) is 11.3 Å². The second-order valence-electron chi connectivity index (χ2n) is 8.49. The average molecular weight is 521 g/mol. The Morgan fingerprint density at radius 3 is 2.50 bits per heavy atom. The minimum absolute atomic E-state index is 0.00773. The summed E-state index contributed by atoms with van der Waals surface area (Å²) in [6.45, 7) is 5.95. The maximum Gasteiger partial charge on any atom is 0.295 e. The Morgan fingerprint density at radius 2 is 1.88 bits per heavy atom. The number of rotatable bonds is 6. The number of carbonyl (C=O) groups excluding carboxylic acids is 2. The highest BCUT2D eigenvalue weighted by atomic mass is 79.9. The molecule has 3 aromatic rings. The number of hydrogen-bond acceptors (Lipinski definition) is 5. The Kier molecular flexibility index (Phi) is 6.84. The number of aliphatic hydroxyl groups is 1. The molecule has 6 nitrogen and oxygen atoms in total. The molecule has 0 spiro atoms. The molecular formula is C27H25BrN2O4. The van der Waals surface area contributed by atoms with E-state index in [-0.39, 0.29) is 24.0 Å². The molecule has 0 aliphatic carbocycles. The van der Waals surface area contributed by atoms with Gasteiger partial charge in [0, 0.05) is 29.0 Å². The number of ether oxygens (including phenoxy) is 1. The SMILES string of the molecule is Cc1cc(/C(O)=C2/C(=O)C(=O)N(Cc3cccnc3)C2c2ccc(Br)cc2)ccc1OC(C)C. The number of benzene rings is 2. The van der Waals surface area contributed by atoms with Crippen LogP contribution < -0.4 is 4.74 Å². The zero-order valence-electron chi connectivity index (χ0n) is 19.2. The van der Waals surface area contributed by atoms with Gasteiger partial charge in [-0.25, -0.2) is 0 Å². The van der Waals surface area contributed by atoms with Gasteiger partial charge in [0.05, 0.1) is 17.7 Å². The lowest BCUT2D eigenvalue weighted by Gasteiger charge is -2.25. The van der Waals surface area contributed by atoms with Crippen LogP contribution in [0.5, 0.6) is 5.75 Å². The number of carbonyl (C=O) groups is 2. The minimum Gasteiger partial charge on any atom is -0.507 e. The third kappa shape index (κ3) is 4.75. The third-order valence-corrected chi connectivity index (χ3v) is 6.14. The van der Waals surface area contributed by atoms with Crippen LogP contribution in [0.4, 0.5) is 0 Å². The molecular weight excluding hydrogens is 496 g/mol. The van der Waals surface area contributed by atoms with Crippen LogP contribution >= 0.6 is 15.9 Å². The Balaban J connectivity index is 1.82. The second kappa shape index (κ2) is 9.81. The molecule has 2 heterocycles. The van der Waals surface area contributed by atoms with Crippen LogP contribution in [0, 0.1) is 6.92 Å². The van der Waals surface area contributed by atoms with Crippen molar-refractivity contribution >= 4 is 33.4 Å². The van der Waals surface area contributed by atoms with Crippen molar-refractivity contribution in [3.05, 3.63) is 99.3 Å². The topological polar surface area (TPSA) is 79.7 Å². The highest BCUT2D eigenvalue weighted by Crippen LogP contribution is 2.41. The summed E-state index contributed by atoms with van der Waals surface area (Å²) >= 11 is 3.43. The van der Waals surface area contributed by atoms with Gasteiger partial charge < -0.3 is 14.7 Å². The molecule has 1 amide bonds. The molecule has 7 heteroatoms. The number of halogens is 1. The van der Waals surface area contributed by atoms with Crippen molar-refractivity contribution in [2.75, 3.05) is 0 Å². The first-order valence-electron chi connectivity index (χ1n) is 11.0. The van der Waals surface area contributed by atoms with E-state index in [0.717, 1.165) is 21.2 Å². The van der Waals surface area contributed by atoms with E-state index in [1.165, 1.54) is 4.90 Å². The van der Waals surface area contributed by atoms with E-state index in [9.17, 15) is 14.7 Å². The number of pyridine rings is 1. The summed E-state index contributed by atoms with van der Waals surface area (Å²) < 4.78 is 6.66. The number of ketones is 1. The van der Waals surface area contributed by atoms with E-state index < -0.39 is 17.7 Å². The molecule has 1 unspecified atom stereocenters. The first-order valence-corrected chi connectivity index (χ1v) is 11.8. The fourth-order valence-corrected chi connectivity index (χ4v) is 4.33. The molecule has 1 aromatic heterocycles. The maximum absolute atomic E-state index is 13.2. The van der Waals surface area contributed by atoms with Crippen molar-refractivity contribution in [3.8, 4) is 5.75 Å². The minimum atomic E-state index is -0.736. The van der Waals surface area contributed by atoms with Crippen molar-refractivity contribution in [1.82, 2.24) is 9.88 Å². The van der Waals surface area contributed by atoms with Gasteiger partial charge in [-0.1, -0.05) is 34.1 Å². The smallest absolute Gasteiger partial charge is 0.295 e. The Bertz CT molecular complexity index is 1250. The predicted octanol–water partition coefficient (Wildman–Crippen LogP) is 5.56. The molecule has 1 saturated heterocycles. The highest BCUT2D eigenvalue weighted by Gasteiger charge is 2.46. The molecule has 4 rings (SSSR count). The number of nitrogens with zero attached hydrogens (tertiary/aromatic N) is 2. The number of Topliss-reactive ketones (excluding diaryl/α,β-unsaturated/α-hetero) is 1. The summed E-state index contributed by atoms with van der Waals surface area (Å²) in [6.07, 6.45) is 3.32. The number of hydrogen-bond donors (Lipinski definition) is 1. The fourth-order valence-electron chi connectivity index (χ4n) is 4.06. The Hall–Kier alpha value is -3.45. The fraction of sp³-hybridized carbons (Fsp3) is 0.222. The van der Waals surface area contributed by atoms with Crippen molar-refractivity contribution in [2.24, 2.45) is 0 Å². The van der Waals surface area contributed by atoms with Crippen LogP contribution in [0.25, 0.3) is 5.76 Å². The highest BCUT2D eigenvalue weighted by molar-refractivity contribution is 9.10. The van der Waals surface area contributed by atoms with Crippen molar-refractivity contribution < 1.29 is 19.4 Å². The second-order valence-corrected chi connectivity index (χ2v) is 9.40. The summed E-state index contributed by atoms with van der Waals surface area (Å²) in [5, 5.41) is 11.3. The molecule has 0 radical (unpaired) electrons. The van der Waals surface area contributed by atoms with Crippen LogP contribution in [0.2, 0.25) is 0 Å². The molecule has 1 aliphatic heterocycles. The lowest BCUT2D eigenvalue weighted by molar-refractivity contribution is -0.140. The molecule has 174 valence electrons. The predicted molar refractivity (Wildman–Crippen MR) is 133 cm³/mol. The molecule has 1 N–H and O–H groups in total. The zero-order valence-corrected chi connectivity index (χ0v) is 20.7. The third-order valence-electron chi connectivity index (χ3n) is 5.61. The van der Waals surface area contributed by atoms with Gasteiger partial charge in [-0.3, -0.25) is 14.6 Å². The summed E-state index contributed by atoms with van der Waals surface area (Å²) in [5.41, 5.74) is 2.85. The normalized spacial score (nSPS) is 17.4. The van der Waals surface area contributed by atoms with Crippen LogP contribution in [0.3, 0.4) is 0 Å². The van der Waals surface area contributed by atoms with Gasteiger partial charge >= 0.3 is 0 Å². The summed E-state index contributed by atoms with van der Waals surface area (Å²) in [5.74, 6) is -0.878. The van der Waals surface area contributed by atoms with Gasteiger partial charge in [0.25, 0.3) is 11.7 Å². The van der Waals surface area contributed by atoms with Gasteiger partial charge in [0.2, 0.25) is 0 Å². The van der Waals surface area contributed by atoms with Gasteiger partial charge in [0.15, 0.2) is 0 Å². The molecule has 1 aliphatic rings. The van der Waals surface area contributed by atoms with Crippen molar-refractivity contribution in [2.45, 2.75) is 39.5 Å². The maximum atomic E-state index is 13.2. The first kappa shape index (κ1) is 23.7. The summed E-state index contributed by atoms with van der Waals surface area (Å²) in [6, 6.07) is 15.5. The van der Waals surface area contributed by atoms with Crippen molar-refractivity contribution in [3.63, 3.8) is 0 Å². The summed E-state index contributed by atoms with van der Waals surface area (Å²) in [7, 11) is 0. The molecule has 0 bridgehead atoms. The van der Waals surface area contributed by atoms with Crippen LogP contribution in [0.1, 0.15) is 42.1 Å². The van der Waals surface area contributed by atoms with E-state index in [1.807, 2.05) is 51.1 Å². The monoisotopic (exact) mass is 520 g/mol. The molecule has 1 fully saturated rings. The number of likely N-dealkylation sites (tertiary alicyclic amines) is 1. The average Bonchev–Trinajstić information content (AvgIpc) is 3.06. The lowest BCUT2D eigenvalue weighted by atomic mass is 9.94. The van der Waals surface area contributed by atoms with Gasteiger partial charge in [-0.2, -0.15) is 0 Å². The number of amides is 1. The van der Waals surface area contributed by atoms with Crippen LogP contribution in [-0.4, -0.2) is 32.8 Å². The quantitative estimate of drug-likeness (QED) is 0.261. The van der Waals surface area contributed by atoms with E-state index in [2.05, 4.69) is 20.9 Å². The Morgan fingerprint density at radius 1 is 1.15 bits per heavy atom. The van der Waals surface area contributed by atoms with Crippen LogP contribution in [-0.2, 0) is 16.1 Å². The van der Waals surface area contributed by atoms with E-state index in [4.69, 9.17) is 4.74 Å². The molecule has 2 aromatic carbocycles. The summed E-state index contributed by atoms with van der Waals surface area (Å²) in [4.78, 5) is 31.9. The van der Waals surface area contributed by atoms with E-state index >= 15 is 0 Å². The first-order chi connectivity index (χ1) is 16.3. The van der Waals surface area contributed by atoms with Crippen molar-refractivity contribution in [1.29, 1.82) is 0 Å². The Labute approximate surface area is 207 Å².